The molecule has 6 heteroatoms. The van der Waals surface area contributed by atoms with Gasteiger partial charge in [-0.2, -0.15) is 0 Å². The minimum Gasteiger partial charge on any atom is -0.356 e. The maximum Gasteiger partial charge on any atom is 0.329 e. The van der Waals surface area contributed by atoms with Gasteiger partial charge in [0.15, 0.2) is 0 Å². The van der Waals surface area contributed by atoms with Crippen molar-refractivity contribution in [3.63, 3.8) is 0 Å². The Morgan fingerprint density at radius 1 is 1.04 bits per heavy atom. The van der Waals surface area contributed by atoms with E-state index < -0.39 is 0 Å². The van der Waals surface area contributed by atoms with Gasteiger partial charge in [-0.25, -0.2) is 9.18 Å². The third-order valence-electron chi connectivity index (χ3n) is 4.48. The van der Waals surface area contributed by atoms with Crippen LogP contribution in [-0.4, -0.2) is 21.6 Å². The Morgan fingerprint density at radius 3 is 2.38 bits per heavy atom. The molecule has 1 heterocycles. The number of aromatic nitrogens is 2. The summed E-state index contributed by atoms with van der Waals surface area (Å²) in [7, 11) is 0. The fraction of sp³-hybridized carbons (Fsp3) is 0.300. The lowest BCUT2D eigenvalue weighted by Gasteiger charge is -2.07. The molecule has 0 unspecified atom stereocenters. The molecule has 26 heavy (non-hydrogen) atoms. The lowest BCUT2D eigenvalue weighted by atomic mass is 10.1. The molecule has 136 valence electrons. The number of aryl methyl sites for hydroxylation is 2. The Morgan fingerprint density at radius 2 is 1.69 bits per heavy atom. The van der Waals surface area contributed by atoms with Gasteiger partial charge in [0.25, 0.3) is 0 Å². The van der Waals surface area contributed by atoms with Crippen LogP contribution in [0.3, 0.4) is 0 Å². The van der Waals surface area contributed by atoms with E-state index in [1.807, 2.05) is 31.2 Å². The summed E-state index contributed by atoms with van der Waals surface area (Å²) in [5.41, 5.74) is 2.18. The van der Waals surface area contributed by atoms with E-state index in [0.717, 1.165) is 11.0 Å². The van der Waals surface area contributed by atoms with Gasteiger partial charge in [0.05, 0.1) is 11.0 Å². The Bertz CT molecular complexity index is 975. The first-order valence-electron chi connectivity index (χ1n) is 8.80. The molecular formula is C20H22FN3O2. The first kappa shape index (κ1) is 17.9. The summed E-state index contributed by atoms with van der Waals surface area (Å²) < 4.78 is 16.9. The van der Waals surface area contributed by atoms with Gasteiger partial charge in [0, 0.05) is 26.1 Å². The number of rotatable bonds is 7. The van der Waals surface area contributed by atoms with E-state index in [-0.39, 0.29) is 23.8 Å². The normalized spacial score (nSPS) is 11.0. The van der Waals surface area contributed by atoms with E-state index in [1.165, 1.54) is 6.07 Å². The van der Waals surface area contributed by atoms with Crippen LogP contribution in [0.2, 0.25) is 0 Å². The zero-order valence-electron chi connectivity index (χ0n) is 14.7. The van der Waals surface area contributed by atoms with Crippen LogP contribution in [0.1, 0.15) is 18.9 Å². The van der Waals surface area contributed by atoms with Crippen molar-refractivity contribution in [2.45, 2.75) is 32.9 Å². The highest BCUT2D eigenvalue weighted by molar-refractivity contribution is 5.78. The van der Waals surface area contributed by atoms with Gasteiger partial charge in [0.2, 0.25) is 5.91 Å². The van der Waals surface area contributed by atoms with Crippen LogP contribution in [0.25, 0.3) is 11.0 Å². The molecular weight excluding hydrogens is 333 g/mol. The van der Waals surface area contributed by atoms with E-state index in [2.05, 4.69) is 5.32 Å². The van der Waals surface area contributed by atoms with Gasteiger partial charge in [-0.1, -0.05) is 30.3 Å². The highest BCUT2D eigenvalue weighted by Crippen LogP contribution is 2.13. The molecule has 1 N–H and O–H groups in total. The smallest absolute Gasteiger partial charge is 0.329 e. The molecule has 3 rings (SSSR count). The fourth-order valence-electron chi connectivity index (χ4n) is 3.13. The summed E-state index contributed by atoms with van der Waals surface area (Å²) in [4.78, 5) is 24.6. The third kappa shape index (κ3) is 3.69. The number of carbonyl (C=O) groups excluding carboxylic acids is 1. The van der Waals surface area contributed by atoms with Gasteiger partial charge >= 0.3 is 5.69 Å². The number of halogens is 1. The van der Waals surface area contributed by atoms with Crippen molar-refractivity contribution in [2.24, 2.45) is 0 Å². The number of benzene rings is 2. The van der Waals surface area contributed by atoms with Crippen molar-refractivity contribution in [1.29, 1.82) is 0 Å². The average Bonchev–Trinajstić information content (AvgIpc) is 2.92. The van der Waals surface area contributed by atoms with E-state index in [1.54, 1.807) is 27.3 Å². The van der Waals surface area contributed by atoms with Crippen LogP contribution < -0.4 is 11.0 Å². The molecule has 0 saturated carbocycles. The van der Waals surface area contributed by atoms with Gasteiger partial charge < -0.3 is 5.32 Å². The topological polar surface area (TPSA) is 56.0 Å². The van der Waals surface area contributed by atoms with Crippen molar-refractivity contribution in [2.75, 3.05) is 6.54 Å². The monoisotopic (exact) mass is 355 g/mol. The third-order valence-corrected chi connectivity index (χ3v) is 4.48. The van der Waals surface area contributed by atoms with Crippen molar-refractivity contribution in [1.82, 2.24) is 14.5 Å². The minimum absolute atomic E-state index is 0.104. The van der Waals surface area contributed by atoms with Crippen LogP contribution in [0.4, 0.5) is 4.39 Å². The Balaban J connectivity index is 1.60. The molecule has 0 bridgehead atoms. The quantitative estimate of drug-likeness (QED) is 0.708. The number of carbonyl (C=O) groups is 1. The molecule has 0 aliphatic rings. The van der Waals surface area contributed by atoms with Gasteiger partial charge in [0.1, 0.15) is 5.82 Å². The molecule has 3 aromatic rings. The zero-order chi connectivity index (χ0) is 18.5. The van der Waals surface area contributed by atoms with Crippen LogP contribution in [0.15, 0.2) is 53.3 Å². The molecule has 0 aliphatic heterocycles. The lowest BCUT2D eigenvalue weighted by molar-refractivity contribution is -0.121. The summed E-state index contributed by atoms with van der Waals surface area (Å²) in [5, 5.41) is 2.79. The Hall–Kier alpha value is -2.89. The first-order valence-corrected chi connectivity index (χ1v) is 8.80. The molecule has 2 aromatic carbocycles. The second-order valence-electron chi connectivity index (χ2n) is 6.11. The van der Waals surface area contributed by atoms with Crippen LogP contribution >= 0.6 is 0 Å². The summed E-state index contributed by atoms with van der Waals surface area (Å²) >= 11 is 0. The van der Waals surface area contributed by atoms with Crippen LogP contribution in [-0.2, 0) is 24.3 Å². The Labute approximate surface area is 151 Å². The molecule has 5 nitrogen and oxygen atoms in total. The van der Waals surface area contributed by atoms with E-state index in [4.69, 9.17) is 0 Å². The summed E-state index contributed by atoms with van der Waals surface area (Å²) in [6.07, 6.45) is 0.641. The number of imidazole rings is 1. The second-order valence-corrected chi connectivity index (χ2v) is 6.11. The second kappa shape index (κ2) is 7.99. The predicted molar refractivity (Wildman–Crippen MR) is 99.6 cm³/mol. The highest BCUT2D eigenvalue weighted by atomic mass is 19.1. The van der Waals surface area contributed by atoms with Gasteiger partial charge in [-0.3, -0.25) is 13.9 Å². The van der Waals surface area contributed by atoms with E-state index in [0.29, 0.717) is 31.6 Å². The number of nitrogens with one attached hydrogen (secondary N) is 1. The molecule has 0 atom stereocenters. The number of amides is 1. The predicted octanol–water partition coefficient (Wildman–Crippen LogP) is 2.71. The Kier molecular flexibility index (Phi) is 5.51. The summed E-state index contributed by atoms with van der Waals surface area (Å²) in [5.74, 6) is -0.415. The molecule has 0 radical (unpaired) electrons. The van der Waals surface area contributed by atoms with Gasteiger partial charge in [-0.15, -0.1) is 0 Å². The molecule has 0 fully saturated rings. The van der Waals surface area contributed by atoms with E-state index in [9.17, 15) is 14.0 Å². The molecule has 0 aliphatic carbocycles. The number of fused-ring (bicyclic) bond motifs is 1. The molecule has 1 aromatic heterocycles. The van der Waals surface area contributed by atoms with Crippen molar-refractivity contribution >= 4 is 16.9 Å². The first-order chi connectivity index (χ1) is 12.6. The zero-order valence-corrected chi connectivity index (χ0v) is 14.7. The largest absolute Gasteiger partial charge is 0.356 e. The van der Waals surface area contributed by atoms with Crippen LogP contribution in [0, 0.1) is 5.82 Å². The van der Waals surface area contributed by atoms with Gasteiger partial charge in [-0.05, 0) is 37.1 Å². The van der Waals surface area contributed by atoms with E-state index >= 15 is 0 Å². The summed E-state index contributed by atoms with van der Waals surface area (Å²) in [6, 6.07) is 14.1. The number of nitrogens with zero attached hydrogens (tertiary/aromatic N) is 2. The lowest BCUT2D eigenvalue weighted by Crippen LogP contribution is -2.29. The number of hydrogen-bond acceptors (Lipinski definition) is 2. The van der Waals surface area contributed by atoms with Crippen molar-refractivity contribution < 1.29 is 9.18 Å². The molecule has 0 saturated heterocycles. The number of hydrogen-bond donors (Lipinski definition) is 1. The maximum absolute atomic E-state index is 13.6. The van der Waals surface area contributed by atoms with Crippen LogP contribution in [0.5, 0.6) is 0 Å². The SMILES string of the molecule is CCn1c(=O)n(CCC(=O)NCCc2ccccc2F)c2ccccc21. The standard InChI is InChI=1S/C20H22FN3O2/c1-2-23-17-9-5-6-10-18(17)24(20(23)26)14-12-19(25)22-13-11-15-7-3-4-8-16(15)21/h3-10H,2,11-14H2,1H3,(H,22,25). The maximum atomic E-state index is 13.6. The fourth-order valence-corrected chi connectivity index (χ4v) is 3.13. The van der Waals surface area contributed by atoms with Crippen molar-refractivity contribution in [3.05, 3.63) is 70.4 Å². The minimum atomic E-state index is -0.263. The number of para-hydroxylation sites is 2. The average molecular weight is 355 g/mol. The van der Waals surface area contributed by atoms with Crippen molar-refractivity contribution in [3.8, 4) is 0 Å². The molecule has 1 amide bonds. The molecule has 0 spiro atoms. The summed E-state index contributed by atoms with van der Waals surface area (Å²) in [6.45, 7) is 3.19. The highest BCUT2D eigenvalue weighted by Gasteiger charge is 2.12.